The van der Waals surface area contributed by atoms with Gasteiger partial charge in [-0.1, -0.05) is 60.1 Å². The SMILES string of the molecule is CC(C)(c1ccccc1)C(O)Cc1cc(F)ccc1Br. The van der Waals surface area contributed by atoms with Gasteiger partial charge in [0.2, 0.25) is 0 Å². The van der Waals surface area contributed by atoms with E-state index in [1.807, 2.05) is 44.2 Å². The van der Waals surface area contributed by atoms with Crippen LogP contribution in [0.4, 0.5) is 4.39 Å². The van der Waals surface area contributed by atoms with E-state index in [2.05, 4.69) is 15.9 Å². The van der Waals surface area contributed by atoms with Gasteiger partial charge < -0.3 is 5.11 Å². The maximum atomic E-state index is 13.3. The van der Waals surface area contributed by atoms with Crippen LogP contribution >= 0.6 is 15.9 Å². The zero-order valence-electron chi connectivity index (χ0n) is 11.6. The lowest BCUT2D eigenvalue weighted by Gasteiger charge is -2.31. The number of rotatable bonds is 4. The minimum absolute atomic E-state index is 0.284. The molecule has 0 saturated carbocycles. The molecule has 20 heavy (non-hydrogen) atoms. The van der Waals surface area contributed by atoms with Gasteiger partial charge in [0.25, 0.3) is 0 Å². The maximum Gasteiger partial charge on any atom is 0.123 e. The molecule has 0 saturated heterocycles. The minimum atomic E-state index is -0.594. The van der Waals surface area contributed by atoms with Crippen LogP contribution in [0, 0.1) is 5.82 Å². The first-order chi connectivity index (χ1) is 9.41. The van der Waals surface area contributed by atoms with E-state index in [0.717, 1.165) is 15.6 Å². The molecule has 1 unspecified atom stereocenters. The highest BCUT2D eigenvalue weighted by Gasteiger charge is 2.30. The van der Waals surface area contributed by atoms with Crippen molar-refractivity contribution in [2.75, 3.05) is 0 Å². The second-order valence-electron chi connectivity index (χ2n) is 5.54. The molecule has 106 valence electrons. The van der Waals surface area contributed by atoms with Crippen molar-refractivity contribution in [1.29, 1.82) is 0 Å². The Hall–Kier alpha value is -1.19. The summed E-state index contributed by atoms with van der Waals surface area (Å²) in [6.45, 7) is 4.00. The average molecular weight is 337 g/mol. The molecule has 0 amide bonds. The van der Waals surface area contributed by atoms with Gasteiger partial charge in [0.05, 0.1) is 6.10 Å². The summed E-state index contributed by atoms with van der Waals surface area (Å²) >= 11 is 3.40. The van der Waals surface area contributed by atoms with Crippen LogP contribution < -0.4 is 0 Å². The Morgan fingerprint density at radius 2 is 1.80 bits per heavy atom. The highest BCUT2D eigenvalue weighted by Crippen LogP contribution is 2.30. The molecule has 0 radical (unpaired) electrons. The third-order valence-corrected chi connectivity index (χ3v) is 4.55. The molecule has 2 rings (SSSR count). The van der Waals surface area contributed by atoms with Crippen LogP contribution in [0.15, 0.2) is 53.0 Å². The highest BCUT2D eigenvalue weighted by atomic mass is 79.9. The lowest BCUT2D eigenvalue weighted by molar-refractivity contribution is 0.0998. The van der Waals surface area contributed by atoms with E-state index < -0.39 is 11.5 Å². The van der Waals surface area contributed by atoms with Crippen molar-refractivity contribution in [2.45, 2.75) is 31.8 Å². The molecule has 2 aromatic rings. The molecule has 3 heteroatoms. The molecule has 0 heterocycles. The molecule has 1 nitrogen and oxygen atoms in total. The van der Waals surface area contributed by atoms with Crippen molar-refractivity contribution < 1.29 is 9.50 Å². The number of aliphatic hydroxyl groups is 1. The van der Waals surface area contributed by atoms with E-state index in [-0.39, 0.29) is 5.82 Å². The fraction of sp³-hybridized carbons (Fsp3) is 0.294. The quantitative estimate of drug-likeness (QED) is 0.873. The van der Waals surface area contributed by atoms with Gasteiger partial charge in [-0.3, -0.25) is 0 Å². The molecule has 1 N–H and O–H groups in total. The van der Waals surface area contributed by atoms with Crippen LogP contribution in [0.5, 0.6) is 0 Å². The van der Waals surface area contributed by atoms with Crippen molar-refractivity contribution in [3.05, 3.63) is 69.9 Å². The van der Waals surface area contributed by atoms with Crippen LogP contribution in [0.25, 0.3) is 0 Å². The highest BCUT2D eigenvalue weighted by molar-refractivity contribution is 9.10. The second kappa shape index (κ2) is 6.06. The summed E-state index contributed by atoms with van der Waals surface area (Å²) in [6, 6.07) is 14.4. The Labute approximate surface area is 127 Å². The summed E-state index contributed by atoms with van der Waals surface area (Å²) in [5.74, 6) is -0.284. The van der Waals surface area contributed by atoms with E-state index >= 15 is 0 Å². The summed E-state index contributed by atoms with van der Waals surface area (Å²) in [5.41, 5.74) is 1.45. The minimum Gasteiger partial charge on any atom is -0.392 e. The van der Waals surface area contributed by atoms with Gasteiger partial charge in [0.1, 0.15) is 5.82 Å². The molecule has 0 bridgehead atoms. The molecular weight excluding hydrogens is 319 g/mol. The fourth-order valence-corrected chi connectivity index (χ4v) is 2.63. The fourth-order valence-electron chi connectivity index (χ4n) is 2.22. The Morgan fingerprint density at radius 1 is 1.15 bits per heavy atom. The number of benzene rings is 2. The molecular formula is C17H18BrFO. The van der Waals surface area contributed by atoms with Gasteiger partial charge in [-0.05, 0) is 29.3 Å². The van der Waals surface area contributed by atoms with Gasteiger partial charge in [-0.25, -0.2) is 4.39 Å². The maximum absolute atomic E-state index is 13.3. The molecule has 0 aliphatic rings. The molecule has 0 spiro atoms. The van der Waals surface area contributed by atoms with E-state index in [0.29, 0.717) is 6.42 Å². The van der Waals surface area contributed by atoms with Crippen LogP contribution in [-0.2, 0) is 11.8 Å². The van der Waals surface area contributed by atoms with Crippen LogP contribution in [0.2, 0.25) is 0 Å². The van der Waals surface area contributed by atoms with Crippen molar-refractivity contribution in [3.8, 4) is 0 Å². The van der Waals surface area contributed by atoms with Crippen LogP contribution in [0.1, 0.15) is 25.0 Å². The molecule has 0 aliphatic carbocycles. The van der Waals surface area contributed by atoms with Crippen molar-refractivity contribution in [2.24, 2.45) is 0 Å². The third-order valence-electron chi connectivity index (χ3n) is 3.77. The second-order valence-corrected chi connectivity index (χ2v) is 6.40. The van der Waals surface area contributed by atoms with Gasteiger partial charge >= 0.3 is 0 Å². The van der Waals surface area contributed by atoms with E-state index in [4.69, 9.17) is 0 Å². The summed E-state index contributed by atoms with van der Waals surface area (Å²) in [5, 5.41) is 10.6. The normalized spacial score (nSPS) is 13.2. The van der Waals surface area contributed by atoms with Gasteiger partial charge in [0, 0.05) is 16.3 Å². The first-order valence-corrected chi connectivity index (χ1v) is 7.38. The van der Waals surface area contributed by atoms with E-state index in [9.17, 15) is 9.50 Å². The lowest BCUT2D eigenvalue weighted by Crippen LogP contribution is -2.35. The number of aliphatic hydroxyl groups excluding tert-OH is 1. The van der Waals surface area contributed by atoms with Crippen LogP contribution in [-0.4, -0.2) is 11.2 Å². The third kappa shape index (κ3) is 3.28. The largest absolute Gasteiger partial charge is 0.392 e. The molecule has 0 fully saturated rings. The van der Waals surface area contributed by atoms with Crippen molar-refractivity contribution in [3.63, 3.8) is 0 Å². The van der Waals surface area contributed by atoms with Gasteiger partial charge in [0.15, 0.2) is 0 Å². The van der Waals surface area contributed by atoms with E-state index in [1.165, 1.54) is 12.1 Å². The van der Waals surface area contributed by atoms with Crippen LogP contribution in [0.3, 0.4) is 0 Å². The Kier molecular flexibility index (Phi) is 4.61. The Balaban J connectivity index is 2.23. The van der Waals surface area contributed by atoms with Gasteiger partial charge in [-0.15, -0.1) is 0 Å². The summed E-state index contributed by atoms with van der Waals surface area (Å²) in [7, 11) is 0. The predicted molar refractivity (Wildman–Crippen MR) is 83.3 cm³/mol. The zero-order valence-corrected chi connectivity index (χ0v) is 13.2. The van der Waals surface area contributed by atoms with Gasteiger partial charge in [-0.2, -0.15) is 0 Å². The summed E-state index contributed by atoms with van der Waals surface area (Å²) in [4.78, 5) is 0. The summed E-state index contributed by atoms with van der Waals surface area (Å²) in [6.07, 6.45) is -0.191. The first-order valence-electron chi connectivity index (χ1n) is 6.59. The predicted octanol–water partition coefficient (Wildman–Crippen LogP) is 4.47. The number of hydrogen-bond acceptors (Lipinski definition) is 1. The molecule has 2 aromatic carbocycles. The zero-order chi connectivity index (χ0) is 14.8. The summed E-state index contributed by atoms with van der Waals surface area (Å²) < 4.78 is 14.1. The lowest BCUT2D eigenvalue weighted by atomic mass is 9.77. The molecule has 1 atom stereocenters. The molecule has 0 aromatic heterocycles. The van der Waals surface area contributed by atoms with E-state index in [1.54, 1.807) is 6.07 Å². The Morgan fingerprint density at radius 3 is 2.45 bits per heavy atom. The first kappa shape index (κ1) is 15.2. The molecule has 0 aliphatic heterocycles. The Bertz CT molecular complexity index is 581. The average Bonchev–Trinajstić information content (AvgIpc) is 2.43. The standard InChI is InChI=1S/C17H18BrFO/c1-17(2,13-6-4-3-5-7-13)16(20)11-12-10-14(19)8-9-15(12)18/h3-10,16,20H,11H2,1-2H3. The topological polar surface area (TPSA) is 20.2 Å². The smallest absolute Gasteiger partial charge is 0.123 e. The number of hydrogen-bond donors (Lipinski definition) is 1. The number of halogens is 2. The van der Waals surface area contributed by atoms with Crippen molar-refractivity contribution >= 4 is 15.9 Å². The monoisotopic (exact) mass is 336 g/mol. The van der Waals surface area contributed by atoms with Crippen molar-refractivity contribution in [1.82, 2.24) is 0 Å².